The summed E-state index contributed by atoms with van der Waals surface area (Å²) in [5, 5.41) is 0. The Hall–Kier alpha value is -2.60. The van der Waals surface area contributed by atoms with Crippen LogP contribution < -0.4 is 0 Å². The molecule has 0 bridgehead atoms. The molecule has 2 aromatic carbocycles. The van der Waals surface area contributed by atoms with E-state index in [-0.39, 0.29) is 5.41 Å². The van der Waals surface area contributed by atoms with Crippen LogP contribution in [-0.2, 0) is 0 Å². The molecule has 0 aliphatic heterocycles. The Morgan fingerprint density at radius 2 is 1.27 bits per heavy atom. The van der Waals surface area contributed by atoms with Gasteiger partial charge in [-0.05, 0) is 34.9 Å². The van der Waals surface area contributed by atoms with Crippen LogP contribution in [0.1, 0.15) is 76.5 Å². The molecule has 0 N–H and O–H groups in total. The fraction of sp³-hybridized carbons (Fsp3) is 0.333. The van der Waals surface area contributed by atoms with Crippen molar-refractivity contribution in [2.24, 2.45) is 5.41 Å². The standard InChI is InChI=1S/C12H16.C10H10.C8H16/c1-12(2,3)10-9-11-7-5-4-6-8-11;1-3-9-7-5-6-8-10(9)4-2;1-3-5-7-8-6-4-2/h4-10H,1-3H3;3-8H,1-2H2;3H,1,4-8H2,2H3. The minimum absolute atomic E-state index is 0.274. The Bertz CT molecular complexity index is 699. The largest absolute Gasteiger partial charge is 0.103 e. The van der Waals surface area contributed by atoms with Crippen LogP contribution in [0.5, 0.6) is 0 Å². The first-order valence-corrected chi connectivity index (χ1v) is 11.1. The van der Waals surface area contributed by atoms with Crippen LogP contribution in [-0.4, -0.2) is 0 Å². The second kappa shape index (κ2) is 17.3. The molecule has 2 aromatic rings. The van der Waals surface area contributed by atoms with Gasteiger partial charge in [0.25, 0.3) is 0 Å². The summed E-state index contributed by atoms with van der Waals surface area (Å²) < 4.78 is 0. The van der Waals surface area contributed by atoms with Gasteiger partial charge in [0, 0.05) is 0 Å². The summed E-state index contributed by atoms with van der Waals surface area (Å²) in [7, 11) is 0. The van der Waals surface area contributed by atoms with E-state index in [1.807, 2.05) is 48.6 Å². The summed E-state index contributed by atoms with van der Waals surface area (Å²) >= 11 is 0. The highest BCUT2D eigenvalue weighted by Crippen LogP contribution is 2.16. The molecule has 0 heteroatoms. The van der Waals surface area contributed by atoms with E-state index in [1.165, 1.54) is 37.7 Å². The lowest BCUT2D eigenvalue weighted by Crippen LogP contribution is -1.97. The number of hydrogen-bond donors (Lipinski definition) is 0. The average molecular weight is 403 g/mol. The third kappa shape index (κ3) is 15.3. The van der Waals surface area contributed by atoms with Crippen molar-refractivity contribution < 1.29 is 0 Å². The minimum Gasteiger partial charge on any atom is -0.103 e. The first kappa shape index (κ1) is 27.4. The van der Waals surface area contributed by atoms with E-state index in [9.17, 15) is 0 Å². The molecule has 0 radical (unpaired) electrons. The predicted molar refractivity (Wildman–Crippen MR) is 141 cm³/mol. The van der Waals surface area contributed by atoms with E-state index in [1.54, 1.807) is 0 Å². The van der Waals surface area contributed by atoms with Gasteiger partial charge in [-0.3, -0.25) is 0 Å². The van der Waals surface area contributed by atoms with Crippen molar-refractivity contribution in [3.05, 3.63) is 103 Å². The third-order valence-electron chi connectivity index (χ3n) is 4.27. The fourth-order valence-corrected chi connectivity index (χ4v) is 2.51. The molecule has 0 aliphatic carbocycles. The molecular formula is C30H42. The van der Waals surface area contributed by atoms with Crippen molar-refractivity contribution in [3.63, 3.8) is 0 Å². The molecule has 0 saturated carbocycles. The maximum Gasteiger partial charge on any atom is -0.0190 e. The van der Waals surface area contributed by atoms with Crippen molar-refractivity contribution in [1.82, 2.24) is 0 Å². The van der Waals surface area contributed by atoms with Gasteiger partial charge in [-0.2, -0.15) is 0 Å². The Morgan fingerprint density at radius 3 is 1.70 bits per heavy atom. The fourth-order valence-electron chi connectivity index (χ4n) is 2.51. The zero-order chi connectivity index (χ0) is 22.7. The molecule has 0 fully saturated rings. The van der Waals surface area contributed by atoms with Crippen LogP contribution in [0.2, 0.25) is 0 Å². The minimum atomic E-state index is 0.274. The second-order valence-electron chi connectivity index (χ2n) is 8.29. The molecule has 0 spiro atoms. The number of hydrogen-bond acceptors (Lipinski definition) is 0. The maximum atomic E-state index is 3.69. The number of benzene rings is 2. The van der Waals surface area contributed by atoms with Crippen molar-refractivity contribution in [2.75, 3.05) is 0 Å². The van der Waals surface area contributed by atoms with Gasteiger partial charge in [0.1, 0.15) is 0 Å². The summed E-state index contributed by atoms with van der Waals surface area (Å²) in [5.74, 6) is 0. The van der Waals surface area contributed by atoms with E-state index in [4.69, 9.17) is 0 Å². The molecular weight excluding hydrogens is 360 g/mol. The zero-order valence-electron chi connectivity index (χ0n) is 19.7. The smallest absolute Gasteiger partial charge is 0.0190 e. The van der Waals surface area contributed by atoms with E-state index >= 15 is 0 Å². The van der Waals surface area contributed by atoms with Crippen molar-refractivity contribution in [1.29, 1.82) is 0 Å². The molecule has 0 aliphatic rings. The van der Waals surface area contributed by atoms with Gasteiger partial charge in [-0.1, -0.05) is 145 Å². The molecule has 0 aromatic heterocycles. The molecule has 30 heavy (non-hydrogen) atoms. The lowest BCUT2D eigenvalue weighted by Gasteiger charge is -2.10. The van der Waals surface area contributed by atoms with Crippen LogP contribution >= 0.6 is 0 Å². The lowest BCUT2D eigenvalue weighted by molar-refractivity contribution is 0.547. The first-order chi connectivity index (χ1) is 14.4. The molecule has 0 amide bonds. The Kier molecular flexibility index (Phi) is 15.8. The predicted octanol–water partition coefficient (Wildman–Crippen LogP) is 9.86. The Balaban J connectivity index is 0.000000431. The van der Waals surface area contributed by atoms with Gasteiger partial charge in [0.15, 0.2) is 0 Å². The number of unbranched alkanes of at least 4 members (excludes halogenated alkanes) is 4. The monoisotopic (exact) mass is 402 g/mol. The summed E-state index contributed by atoms with van der Waals surface area (Å²) in [5.41, 5.74) is 3.82. The van der Waals surface area contributed by atoms with Gasteiger partial charge < -0.3 is 0 Å². The summed E-state index contributed by atoms with van der Waals surface area (Å²) in [4.78, 5) is 0. The van der Waals surface area contributed by atoms with Gasteiger partial charge in [-0.25, -0.2) is 0 Å². The Labute approximate surface area is 186 Å². The van der Waals surface area contributed by atoms with Crippen LogP contribution in [0.15, 0.2) is 86.5 Å². The molecule has 2 rings (SSSR count). The van der Waals surface area contributed by atoms with Crippen molar-refractivity contribution in [2.45, 2.75) is 59.8 Å². The molecule has 0 unspecified atom stereocenters. The first-order valence-electron chi connectivity index (χ1n) is 11.1. The number of rotatable bonds is 8. The third-order valence-corrected chi connectivity index (χ3v) is 4.27. The van der Waals surface area contributed by atoms with E-state index < -0.39 is 0 Å². The molecule has 0 saturated heterocycles. The van der Waals surface area contributed by atoms with Crippen LogP contribution in [0.3, 0.4) is 0 Å². The molecule has 0 atom stereocenters. The normalized spacial score (nSPS) is 10.3. The van der Waals surface area contributed by atoms with Gasteiger partial charge >= 0.3 is 0 Å². The zero-order valence-corrected chi connectivity index (χ0v) is 19.7. The van der Waals surface area contributed by atoms with Crippen molar-refractivity contribution >= 4 is 18.2 Å². The quantitative estimate of drug-likeness (QED) is 0.304. The molecule has 0 heterocycles. The maximum absolute atomic E-state index is 3.69. The van der Waals surface area contributed by atoms with Crippen molar-refractivity contribution in [3.8, 4) is 0 Å². The van der Waals surface area contributed by atoms with Crippen LogP contribution in [0, 0.1) is 5.41 Å². The van der Waals surface area contributed by atoms with E-state index in [0.29, 0.717) is 0 Å². The molecule has 162 valence electrons. The second-order valence-corrected chi connectivity index (χ2v) is 8.29. The summed E-state index contributed by atoms with van der Waals surface area (Å²) in [6.07, 6.45) is 16.7. The van der Waals surface area contributed by atoms with Crippen LogP contribution in [0.25, 0.3) is 18.2 Å². The van der Waals surface area contributed by atoms with Gasteiger partial charge in [0.05, 0.1) is 0 Å². The Morgan fingerprint density at radius 1 is 0.733 bits per heavy atom. The topological polar surface area (TPSA) is 0 Å². The highest BCUT2D eigenvalue weighted by atomic mass is 14.1. The number of allylic oxidation sites excluding steroid dienone is 2. The highest BCUT2D eigenvalue weighted by molar-refractivity contribution is 5.63. The summed E-state index contributed by atoms with van der Waals surface area (Å²) in [6.45, 7) is 19.9. The molecule has 0 nitrogen and oxygen atoms in total. The van der Waals surface area contributed by atoms with E-state index in [0.717, 1.165) is 11.1 Å². The highest BCUT2D eigenvalue weighted by Gasteiger charge is 2.02. The SMILES string of the molecule is C=CCCCCCC.C=Cc1ccccc1C=C.CC(C)(C)C=Cc1ccccc1. The van der Waals surface area contributed by atoms with Crippen LogP contribution in [0.4, 0.5) is 0 Å². The van der Waals surface area contributed by atoms with Gasteiger partial charge in [-0.15, -0.1) is 6.58 Å². The lowest BCUT2D eigenvalue weighted by atomic mass is 9.95. The van der Waals surface area contributed by atoms with E-state index in [2.05, 4.69) is 83.8 Å². The average Bonchev–Trinajstić information content (AvgIpc) is 2.76. The van der Waals surface area contributed by atoms with Gasteiger partial charge in [0.2, 0.25) is 0 Å². The summed E-state index contributed by atoms with van der Waals surface area (Å²) in [6, 6.07) is 18.4.